The molecule has 1 atom stereocenters. The molecule has 0 aromatic carbocycles. The zero-order valence-electron chi connectivity index (χ0n) is 14.6. The standard InChI is InChI=1S/C17H23N5O3/c1-12-20-16(25-21-12)8-13-4-3-7-22(11-13)17(23)19-9-14-5-6-15(24-2)10-18-14/h5-6,10,13H,3-4,7-9,11H2,1-2H3,(H,19,23). The van der Waals surface area contributed by atoms with Gasteiger partial charge in [-0.05, 0) is 37.8 Å². The molecule has 0 saturated carbocycles. The Hall–Kier alpha value is -2.64. The third-order valence-electron chi connectivity index (χ3n) is 4.29. The molecule has 1 N–H and O–H groups in total. The fraction of sp³-hybridized carbons (Fsp3) is 0.529. The van der Waals surface area contributed by atoms with E-state index in [0.29, 0.717) is 42.9 Å². The summed E-state index contributed by atoms with van der Waals surface area (Å²) in [6.45, 7) is 3.66. The minimum atomic E-state index is -0.0657. The number of piperidine rings is 1. The summed E-state index contributed by atoms with van der Waals surface area (Å²) in [5.74, 6) is 2.34. The number of likely N-dealkylation sites (tertiary alicyclic amines) is 1. The molecule has 2 amide bonds. The zero-order valence-corrected chi connectivity index (χ0v) is 14.6. The molecule has 2 aromatic heterocycles. The third-order valence-corrected chi connectivity index (χ3v) is 4.29. The van der Waals surface area contributed by atoms with Gasteiger partial charge in [-0.15, -0.1) is 0 Å². The highest BCUT2D eigenvalue weighted by Gasteiger charge is 2.25. The number of urea groups is 1. The summed E-state index contributed by atoms with van der Waals surface area (Å²) in [7, 11) is 1.60. The van der Waals surface area contributed by atoms with Crippen molar-refractivity contribution in [2.24, 2.45) is 5.92 Å². The van der Waals surface area contributed by atoms with Crippen LogP contribution in [0.5, 0.6) is 5.75 Å². The van der Waals surface area contributed by atoms with Gasteiger partial charge in [-0.1, -0.05) is 5.16 Å². The highest BCUT2D eigenvalue weighted by atomic mass is 16.5. The summed E-state index contributed by atoms with van der Waals surface area (Å²) in [6, 6.07) is 3.61. The number of hydrogen-bond donors (Lipinski definition) is 1. The second-order valence-electron chi connectivity index (χ2n) is 6.24. The Balaban J connectivity index is 1.49. The second kappa shape index (κ2) is 7.96. The van der Waals surface area contributed by atoms with Crippen molar-refractivity contribution >= 4 is 6.03 Å². The number of ether oxygens (including phenoxy) is 1. The lowest BCUT2D eigenvalue weighted by atomic mass is 9.95. The van der Waals surface area contributed by atoms with Crippen LogP contribution >= 0.6 is 0 Å². The van der Waals surface area contributed by atoms with Gasteiger partial charge in [0.25, 0.3) is 0 Å². The molecule has 8 heteroatoms. The van der Waals surface area contributed by atoms with Crippen LogP contribution in [0.2, 0.25) is 0 Å². The van der Waals surface area contributed by atoms with Gasteiger partial charge in [0.15, 0.2) is 5.82 Å². The molecule has 1 saturated heterocycles. The van der Waals surface area contributed by atoms with Crippen LogP contribution in [-0.2, 0) is 13.0 Å². The largest absolute Gasteiger partial charge is 0.495 e. The number of pyridine rings is 1. The minimum absolute atomic E-state index is 0.0657. The predicted octanol–water partition coefficient (Wildman–Crippen LogP) is 1.95. The zero-order chi connectivity index (χ0) is 17.6. The Morgan fingerprint density at radius 2 is 2.36 bits per heavy atom. The van der Waals surface area contributed by atoms with E-state index >= 15 is 0 Å². The van der Waals surface area contributed by atoms with Crippen molar-refractivity contribution in [3.63, 3.8) is 0 Å². The van der Waals surface area contributed by atoms with Crippen LogP contribution in [0.15, 0.2) is 22.9 Å². The Bertz CT molecular complexity index is 701. The van der Waals surface area contributed by atoms with Crippen molar-refractivity contribution in [2.45, 2.75) is 32.7 Å². The maximum absolute atomic E-state index is 12.4. The maximum Gasteiger partial charge on any atom is 0.317 e. The molecule has 3 heterocycles. The maximum atomic E-state index is 12.4. The molecule has 8 nitrogen and oxygen atoms in total. The number of carbonyl (C=O) groups excluding carboxylic acids is 1. The average Bonchev–Trinajstić information content (AvgIpc) is 3.05. The molecule has 2 aromatic rings. The lowest BCUT2D eigenvalue weighted by Gasteiger charge is -2.32. The van der Waals surface area contributed by atoms with Crippen LogP contribution in [-0.4, -0.2) is 46.3 Å². The van der Waals surface area contributed by atoms with Gasteiger partial charge in [-0.25, -0.2) is 4.79 Å². The first kappa shape index (κ1) is 17.2. The van der Waals surface area contributed by atoms with Crippen molar-refractivity contribution in [1.29, 1.82) is 0 Å². The van der Waals surface area contributed by atoms with E-state index in [1.54, 1.807) is 20.2 Å². The normalized spacial score (nSPS) is 17.4. The van der Waals surface area contributed by atoms with Gasteiger partial charge < -0.3 is 19.5 Å². The van der Waals surface area contributed by atoms with Gasteiger partial charge in [-0.2, -0.15) is 4.98 Å². The fourth-order valence-corrected chi connectivity index (χ4v) is 3.00. The van der Waals surface area contributed by atoms with E-state index in [2.05, 4.69) is 20.4 Å². The Morgan fingerprint density at radius 3 is 3.04 bits per heavy atom. The molecule has 134 valence electrons. The van der Waals surface area contributed by atoms with Crippen LogP contribution < -0.4 is 10.1 Å². The monoisotopic (exact) mass is 345 g/mol. The highest BCUT2D eigenvalue weighted by Crippen LogP contribution is 2.20. The van der Waals surface area contributed by atoms with Gasteiger partial charge in [0.2, 0.25) is 5.89 Å². The summed E-state index contributed by atoms with van der Waals surface area (Å²) < 4.78 is 10.3. The van der Waals surface area contributed by atoms with E-state index in [4.69, 9.17) is 9.26 Å². The Labute approximate surface area is 146 Å². The molecule has 3 rings (SSSR count). The number of aryl methyl sites for hydroxylation is 1. The molecule has 25 heavy (non-hydrogen) atoms. The highest BCUT2D eigenvalue weighted by molar-refractivity contribution is 5.74. The number of nitrogens with zero attached hydrogens (tertiary/aromatic N) is 4. The lowest BCUT2D eigenvalue weighted by Crippen LogP contribution is -2.45. The summed E-state index contributed by atoms with van der Waals surface area (Å²) in [6.07, 6.45) is 4.40. The van der Waals surface area contributed by atoms with E-state index in [9.17, 15) is 4.79 Å². The SMILES string of the molecule is COc1ccc(CNC(=O)N2CCCC(Cc3nc(C)no3)C2)nc1. The number of rotatable bonds is 5. The number of methoxy groups -OCH3 is 1. The van der Waals surface area contributed by atoms with E-state index < -0.39 is 0 Å². The number of hydrogen-bond acceptors (Lipinski definition) is 6. The molecule has 1 aliphatic rings. The third kappa shape index (κ3) is 4.68. The van der Waals surface area contributed by atoms with Crippen molar-refractivity contribution in [2.75, 3.05) is 20.2 Å². The molecule has 0 spiro atoms. The Morgan fingerprint density at radius 1 is 1.48 bits per heavy atom. The summed E-state index contributed by atoms with van der Waals surface area (Å²) in [5, 5.41) is 6.74. The molecule has 0 aliphatic carbocycles. The van der Waals surface area contributed by atoms with Gasteiger partial charge in [0.1, 0.15) is 5.75 Å². The van der Waals surface area contributed by atoms with Crippen molar-refractivity contribution < 1.29 is 14.1 Å². The number of nitrogens with one attached hydrogen (secondary N) is 1. The summed E-state index contributed by atoms with van der Waals surface area (Å²) in [4.78, 5) is 22.8. The van der Waals surface area contributed by atoms with Crippen LogP contribution in [0.4, 0.5) is 4.79 Å². The van der Waals surface area contributed by atoms with Gasteiger partial charge >= 0.3 is 6.03 Å². The number of carbonyl (C=O) groups is 1. The van der Waals surface area contributed by atoms with Crippen molar-refractivity contribution in [1.82, 2.24) is 25.3 Å². The van der Waals surface area contributed by atoms with E-state index in [1.165, 1.54) is 0 Å². The second-order valence-corrected chi connectivity index (χ2v) is 6.24. The van der Waals surface area contributed by atoms with Gasteiger partial charge in [-0.3, -0.25) is 4.98 Å². The van der Waals surface area contributed by atoms with E-state index in [1.807, 2.05) is 17.0 Å². The number of amides is 2. The molecule has 1 aliphatic heterocycles. The average molecular weight is 345 g/mol. The van der Waals surface area contributed by atoms with Crippen LogP contribution in [0.25, 0.3) is 0 Å². The summed E-state index contributed by atoms with van der Waals surface area (Å²) >= 11 is 0. The lowest BCUT2D eigenvalue weighted by molar-refractivity contribution is 0.161. The topological polar surface area (TPSA) is 93.4 Å². The summed E-state index contributed by atoms with van der Waals surface area (Å²) in [5.41, 5.74) is 0.795. The van der Waals surface area contributed by atoms with Gasteiger partial charge in [0.05, 0.1) is 25.5 Å². The quantitative estimate of drug-likeness (QED) is 0.890. The van der Waals surface area contributed by atoms with Crippen LogP contribution in [0, 0.1) is 12.8 Å². The van der Waals surface area contributed by atoms with Crippen LogP contribution in [0.3, 0.4) is 0 Å². The molecule has 1 unspecified atom stereocenters. The molecule has 0 bridgehead atoms. The first-order valence-electron chi connectivity index (χ1n) is 8.45. The van der Waals surface area contributed by atoms with Crippen LogP contribution in [0.1, 0.15) is 30.3 Å². The molecule has 0 radical (unpaired) electrons. The first-order chi connectivity index (χ1) is 12.1. The fourth-order valence-electron chi connectivity index (χ4n) is 3.00. The smallest absolute Gasteiger partial charge is 0.317 e. The minimum Gasteiger partial charge on any atom is -0.495 e. The van der Waals surface area contributed by atoms with Crippen molar-refractivity contribution in [3.05, 3.63) is 35.7 Å². The van der Waals surface area contributed by atoms with Gasteiger partial charge in [0, 0.05) is 19.5 Å². The molecular weight excluding hydrogens is 322 g/mol. The van der Waals surface area contributed by atoms with Crippen molar-refractivity contribution in [3.8, 4) is 5.75 Å². The molecular formula is C17H23N5O3. The molecule has 1 fully saturated rings. The first-order valence-corrected chi connectivity index (χ1v) is 8.45. The number of aromatic nitrogens is 3. The van der Waals surface area contributed by atoms with E-state index in [-0.39, 0.29) is 6.03 Å². The van der Waals surface area contributed by atoms with E-state index in [0.717, 1.165) is 25.1 Å². The Kier molecular flexibility index (Phi) is 5.47. The predicted molar refractivity (Wildman–Crippen MR) is 90.1 cm³/mol.